The number of carboxylic acid groups (broad SMARTS) is 1. The zero-order valence-corrected chi connectivity index (χ0v) is 16.3. The van der Waals surface area contributed by atoms with Gasteiger partial charge >= 0.3 is 0 Å². The molecule has 1 aliphatic heterocycles. The van der Waals surface area contributed by atoms with Crippen LogP contribution in [0.4, 0.5) is 0 Å². The smallest absolute Gasteiger partial charge is 0.266 e. The highest BCUT2D eigenvalue weighted by molar-refractivity contribution is 8.26. The number of ether oxygens (including phenoxy) is 2. The molecule has 0 radical (unpaired) electrons. The van der Waals surface area contributed by atoms with Crippen LogP contribution in [0, 0.1) is 5.92 Å². The van der Waals surface area contributed by atoms with Gasteiger partial charge in [0.05, 0.1) is 31.1 Å². The number of amides is 1. The van der Waals surface area contributed by atoms with Gasteiger partial charge in [0.25, 0.3) is 5.91 Å². The van der Waals surface area contributed by atoms with Crippen molar-refractivity contribution in [1.29, 1.82) is 0 Å². The van der Waals surface area contributed by atoms with Crippen molar-refractivity contribution in [2.75, 3.05) is 14.2 Å². The number of hydrogen-bond acceptors (Lipinski definition) is 8. The molecule has 1 heterocycles. The molecule has 0 unspecified atom stereocenters. The lowest BCUT2D eigenvalue weighted by Crippen LogP contribution is -2.52. The fourth-order valence-electron chi connectivity index (χ4n) is 2.54. The molecule has 1 atom stereocenters. The Morgan fingerprint density at radius 2 is 1.85 bits per heavy atom. The third kappa shape index (κ3) is 3.78. The largest absolute Gasteiger partial charge is 0.548 e. The van der Waals surface area contributed by atoms with Crippen LogP contribution in [0.5, 0.6) is 17.2 Å². The standard InChI is InChI=1S/C17H19NO6S2/c1-8(2)13(16(21)22)18-15(20)12(26-17(18)25)7-9-5-10(23-3)14(19)11(6-9)24-4/h5-8,13,19H,1-4H3,(H,21,22)/p-1/b12-7+/t13-/m0/s1. The Labute approximate surface area is 160 Å². The van der Waals surface area contributed by atoms with E-state index in [9.17, 15) is 19.8 Å². The van der Waals surface area contributed by atoms with Crippen LogP contribution in [0.2, 0.25) is 0 Å². The fraction of sp³-hybridized carbons (Fsp3) is 0.353. The molecule has 1 amide bonds. The molecule has 140 valence electrons. The number of carbonyl (C=O) groups excluding carboxylic acids is 2. The van der Waals surface area contributed by atoms with Crippen LogP contribution in [0.25, 0.3) is 6.08 Å². The molecular weight excluding hydrogens is 378 g/mol. The van der Waals surface area contributed by atoms with Crippen LogP contribution in [0.15, 0.2) is 17.0 Å². The molecule has 2 rings (SSSR count). The number of methoxy groups -OCH3 is 2. The number of rotatable bonds is 6. The molecule has 1 saturated heterocycles. The maximum atomic E-state index is 12.7. The van der Waals surface area contributed by atoms with Gasteiger partial charge in [0.15, 0.2) is 11.5 Å². The summed E-state index contributed by atoms with van der Waals surface area (Å²) in [5.41, 5.74) is 0.534. The zero-order valence-electron chi connectivity index (χ0n) is 14.6. The van der Waals surface area contributed by atoms with E-state index >= 15 is 0 Å². The van der Waals surface area contributed by atoms with E-state index in [0.717, 1.165) is 16.7 Å². The minimum atomic E-state index is -1.36. The van der Waals surface area contributed by atoms with Gasteiger partial charge in [-0.3, -0.25) is 9.69 Å². The number of carbonyl (C=O) groups is 2. The highest BCUT2D eigenvalue weighted by Crippen LogP contribution is 2.40. The predicted molar refractivity (Wildman–Crippen MR) is 99.9 cm³/mol. The maximum absolute atomic E-state index is 12.7. The third-order valence-electron chi connectivity index (χ3n) is 3.77. The molecule has 9 heteroatoms. The van der Waals surface area contributed by atoms with Crippen molar-refractivity contribution in [3.8, 4) is 17.2 Å². The number of phenols is 1. The first-order valence-corrected chi connectivity index (χ1v) is 8.86. The highest BCUT2D eigenvalue weighted by Gasteiger charge is 2.39. The van der Waals surface area contributed by atoms with Gasteiger partial charge in [-0.05, 0) is 29.7 Å². The Morgan fingerprint density at radius 3 is 2.27 bits per heavy atom. The molecule has 0 spiro atoms. The topological polar surface area (TPSA) is 99.1 Å². The number of aliphatic carboxylic acids is 1. The Hall–Kier alpha value is -2.26. The number of nitrogens with zero attached hydrogens (tertiary/aromatic N) is 1. The number of carboxylic acids is 1. The van der Waals surface area contributed by atoms with E-state index in [4.69, 9.17) is 21.7 Å². The molecule has 26 heavy (non-hydrogen) atoms. The maximum Gasteiger partial charge on any atom is 0.266 e. The Bertz CT molecular complexity index is 764. The molecule has 7 nitrogen and oxygen atoms in total. The molecule has 1 fully saturated rings. The fourth-order valence-corrected chi connectivity index (χ4v) is 3.87. The number of thiocarbonyl (C=S) groups is 1. The van der Waals surface area contributed by atoms with Gasteiger partial charge in [0.2, 0.25) is 5.75 Å². The second kappa shape index (κ2) is 7.96. The van der Waals surface area contributed by atoms with E-state index in [1.165, 1.54) is 32.4 Å². The first-order chi connectivity index (χ1) is 12.2. The highest BCUT2D eigenvalue weighted by atomic mass is 32.2. The summed E-state index contributed by atoms with van der Waals surface area (Å²) < 4.78 is 10.3. The minimum absolute atomic E-state index is 0.154. The van der Waals surface area contributed by atoms with Crippen molar-refractivity contribution in [3.05, 3.63) is 22.6 Å². The molecule has 1 aromatic rings. The van der Waals surface area contributed by atoms with Crippen LogP contribution >= 0.6 is 24.0 Å². The SMILES string of the molecule is COc1cc(/C=C2/SC(=S)N([C@H](C(=O)[O-])C(C)C)C2=O)cc(OC)c1O. The van der Waals surface area contributed by atoms with Gasteiger partial charge < -0.3 is 24.5 Å². The number of phenolic OH excluding ortho intramolecular Hbond substituents is 1. The average molecular weight is 396 g/mol. The first-order valence-electron chi connectivity index (χ1n) is 7.64. The summed E-state index contributed by atoms with van der Waals surface area (Å²) in [5, 5.41) is 21.4. The molecule has 0 bridgehead atoms. The summed E-state index contributed by atoms with van der Waals surface area (Å²) in [6, 6.07) is 1.92. The Kier molecular flexibility index (Phi) is 6.14. The third-order valence-corrected chi connectivity index (χ3v) is 5.10. The first kappa shape index (κ1) is 20.1. The van der Waals surface area contributed by atoms with Crippen molar-refractivity contribution >= 4 is 46.3 Å². The van der Waals surface area contributed by atoms with Crippen molar-refractivity contribution in [2.24, 2.45) is 5.92 Å². The van der Waals surface area contributed by atoms with Crippen molar-refractivity contribution in [1.82, 2.24) is 4.90 Å². The van der Waals surface area contributed by atoms with Gasteiger partial charge in [-0.1, -0.05) is 37.8 Å². The molecular formula is C17H18NO6S2-. The Balaban J connectivity index is 2.43. The Morgan fingerprint density at radius 1 is 1.31 bits per heavy atom. The average Bonchev–Trinajstić information content (AvgIpc) is 2.83. The summed E-state index contributed by atoms with van der Waals surface area (Å²) in [4.78, 5) is 25.5. The summed E-state index contributed by atoms with van der Waals surface area (Å²) >= 11 is 6.19. The lowest BCUT2D eigenvalue weighted by Gasteiger charge is -2.30. The van der Waals surface area contributed by atoms with Crippen molar-refractivity contribution in [3.63, 3.8) is 0 Å². The van der Waals surface area contributed by atoms with E-state index in [0.29, 0.717) is 5.56 Å². The second-order valence-corrected chi connectivity index (χ2v) is 7.51. The normalized spacial score (nSPS) is 17.1. The van der Waals surface area contributed by atoms with Crippen LogP contribution in [-0.4, -0.2) is 46.5 Å². The zero-order chi connectivity index (χ0) is 19.6. The lowest BCUT2D eigenvalue weighted by atomic mass is 10.0. The van der Waals surface area contributed by atoms with Gasteiger partial charge in [-0.25, -0.2) is 0 Å². The lowest BCUT2D eigenvalue weighted by molar-refractivity contribution is -0.311. The van der Waals surface area contributed by atoms with Gasteiger partial charge in [0.1, 0.15) is 4.32 Å². The molecule has 1 N–H and O–H groups in total. The number of aromatic hydroxyl groups is 1. The van der Waals surface area contributed by atoms with Crippen LogP contribution in [0.3, 0.4) is 0 Å². The van der Waals surface area contributed by atoms with Gasteiger partial charge in [-0.15, -0.1) is 0 Å². The quantitative estimate of drug-likeness (QED) is 0.569. The monoisotopic (exact) mass is 396 g/mol. The summed E-state index contributed by atoms with van der Waals surface area (Å²) in [6.07, 6.45) is 1.54. The summed E-state index contributed by atoms with van der Waals surface area (Å²) in [6.45, 7) is 3.36. The van der Waals surface area contributed by atoms with E-state index in [1.807, 2.05) is 0 Å². The van der Waals surface area contributed by atoms with Crippen molar-refractivity contribution in [2.45, 2.75) is 19.9 Å². The van der Waals surface area contributed by atoms with Gasteiger partial charge in [-0.2, -0.15) is 0 Å². The predicted octanol–water partition coefficient (Wildman–Crippen LogP) is 1.39. The number of thioether (sulfide) groups is 1. The van der Waals surface area contributed by atoms with Gasteiger partial charge in [0, 0.05) is 0 Å². The van der Waals surface area contributed by atoms with Crippen LogP contribution in [0.1, 0.15) is 19.4 Å². The van der Waals surface area contributed by atoms with E-state index in [-0.39, 0.29) is 32.4 Å². The molecule has 0 saturated carbocycles. The number of hydrogen-bond donors (Lipinski definition) is 1. The minimum Gasteiger partial charge on any atom is -0.548 e. The summed E-state index contributed by atoms with van der Waals surface area (Å²) in [5.74, 6) is -2.02. The molecule has 1 aromatic carbocycles. The van der Waals surface area contributed by atoms with Crippen LogP contribution in [-0.2, 0) is 9.59 Å². The second-order valence-electron chi connectivity index (χ2n) is 5.83. The molecule has 0 aromatic heterocycles. The number of benzene rings is 1. The summed E-state index contributed by atoms with van der Waals surface area (Å²) in [7, 11) is 2.79. The van der Waals surface area contributed by atoms with Crippen LogP contribution < -0.4 is 14.6 Å². The van der Waals surface area contributed by atoms with Crippen molar-refractivity contribution < 1.29 is 29.3 Å². The van der Waals surface area contributed by atoms with E-state index < -0.39 is 17.9 Å². The molecule has 1 aliphatic rings. The van der Waals surface area contributed by atoms with E-state index in [2.05, 4.69) is 0 Å². The molecule has 0 aliphatic carbocycles. The van der Waals surface area contributed by atoms with E-state index in [1.54, 1.807) is 13.8 Å².